The average Bonchev–Trinajstić information content (AvgIpc) is 2.41. The summed E-state index contributed by atoms with van der Waals surface area (Å²) < 4.78 is 0. The van der Waals surface area contributed by atoms with Crippen LogP contribution in [-0.4, -0.2) is 24.3 Å². The van der Waals surface area contributed by atoms with Crippen LogP contribution in [0.2, 0.25) is 5.02 Å². The smallest absolute Gasteiger partial charge is 0.319 e. The first-order valence-corrected chi connectivity index (χ1v) is 7.36. The summed E-state index contributed by atoms with van der Waals surface area (Å²) in [6.07, 6.45) is 2.75. The van der Waals surface area contributed by atoms with Gasteiger partial charge in [-0.3, -0.25) is 0 Å². The standard InChI is InChI=1S/C15H23ClN2O2/c1-3-4-12(7-8-19)10-17-15(20)18-13-6-5-11(2)14(16)9-13/h5-6,9,12,19H,3-4,7-8,10H2,1-2H3,(H2,17,18,20). The van der Waals surface area contributed by atoms with E-state index in [9.17, 15) is 4.79 Å². The molecule has 1 unspecified atom stereocenters. The Morgan fingerprint density at radius 3 is 2.75 bits per heavy atom. The Labute approximate surface area is 125 Å². The number of nitrogens with one attached hydrogen (secondary N) is 2. The van der Waals surface area contributed by atoms with Gasteiger partial charge in [0.2, 0.25) is 0 Å². The molecule has 1 aromatic rings. The molecular weight excluding hydrogens is 276 g/mol. The molecule has 0 fully saturated rings. The highest BCUT2D eigenvalue weighted by Gasteiger charge is 2.09. The monoisotopic (exact) mass is 298 g/mol. The van der Waals surface area contributed by atoms with Crippen molar-refractivity contribution in [2.24, 2.45) is 5.92 Å². The summed E-state index contributed by atoms with van der Waals surface area (Å²) in [6.45, 7) is 4.73. The molecule has 0 aliphatic carbocycles. The molecule has 1 atom stereocenters. The highest BCUT2D eigenvalue weighted by molar-refractivity contribution is 6.31. The Bertz CT molecular complexity index is 432. The fraction of sp³-hybridized carbons (Fsp3) is 0.533. The molecule has 0 aromatic heterocycles. The first-order valence-electron chi connectivity index (χ1n) is 6.98. The van der Waals surface area contributed by atoms with Crippen LogP contribution >= 0.6 is 11.6 Å². The van der Waals surface area contributed by atoms with Crippen molar-refractivity contribution >= 4 is 23.3 Å². The van der Waals surface area contributed by atoms with E-state index in [4.69, 9.17) is 16.7 Å². The van der Waals surface area contributed by atoms with Gasteiger partial charge in [-0.1, -0.05) is 31.0 Å². The molecule has 0 aliphatic rings. The first kappa shape index (κ1) is 16.8. The number of halogens is 1. The number of anilines is 1. The minimum atomic E-state index is -0.246. The SMILES string of the molecule is CCCC(CCO)CNC(=O)Nc1ccc(C)c(Cl)c1. The molecule has 0 saturated carbocycles. The van der Waals surface area contributed by atoms with Crippen LogP contribution < -0.4 is 10.6 Å². The third-order valence-corrected chi connectivity index (χ3v) is 3.62. The third-order valence-electron chi connectivity index (χ3n) is 3.22. The number of aryl methyl sites for hydroxylation is 1. The summed E-state index contributed by atoms with van der Waals surface area (Å²) in [6, 6.07) is 5.17. The molecule has 4 nitrogen and oxygen atoms in total. The van der Waals surface area contributed by atoms with Gasteiger partial charge in [-0.05, 0) is 43.4 Å². The lowest BCUT2D eigenvalue weighted by molar-refractivity contribution is 0.237. The van der Waals surface area contributed by atoms with Gasteiger partial charge in [0.15, 0.2) is 0 Å². The van der Waals surface area contributed by atoms with Crippen molar-refractivity contribution in [2.45, 2.75) is 33.1 Å². The van der Waals surface area contributed by atoms with Crippen LogP contribution in [0.15, 0.2) is 18.2 Å². The van der Waals surface area contributed by atoms with Crippen molar-refractivity contribution in [1.29, 1.82) is 0 Å². The first-order chi connectivity index (χ1) is 9.56. The van der Waals surface area contributed by atoms with E-state index in [0.29, 0.717) is 29.6 Å². The number of carbonyl (C=O) groups is 1. The van der Waals surface area contributed by atoms with Crippen LogP contribution in [0.1, 0.15) is 31.7 Å². The van der Waals surface area contributed by atoms with E-state index in [1.165, 1.54) is 0 Å². The maximum absolute atomic E-state index is 11.8. The highest BCUT2D eigenvalue weighted by Crippen LogP contribution is 2.19. The van der Waals surface area contributed by atoms with Crippen LogP contribution in [0.5, 0.6) is 0 Å². The van der Waals surface area contributed by atoms with Crippen molar-refractivity contribution in [2.75, 3.05) is 18.5 Å². The zero-order valence-corrected chi connectivity index (χ0v) is 12.8. The Morgan fingerprint density at radius 1 is 1.40 bits per heavy atom. The van der Waals surface area contributed by atoms with E-state index >= 15 is 0 Å². The molecule has 0 radical (unpaired) electrons. The molecule has 0 saturated heterocycles. The molecule has 2 amide bonds. The van der Waals surface area contributed by atoms with E-state index in [2.05, 4.69) is 17.6 Å². The lowest BCUT2D eigenvalue weighted by atomic mass is 10.0. The molecule has 0 heterocycles. The number of amides is 2. The van der Waals surface area contributed by atoms with Gasteiger partial charge >= 0.3 is 6.03 Å². The summed E-state index contributed by atoms with van der Waals surface area (Å²) in [4.78, 5) is 11.8. The lowest BCUT2D eigenvalue weighted by Gasteiger charge is -2.16. The molecular formula is C15H23ClN2O2. The average molecular weight is 299 g/mol. The zero-order valence-electron chi connectivity index (χ0n) is 12.1. The molecule has 20 heavy (non-hydrogen) atoms. The Morgan fingerprint density at radius 2 is 2.15 bits per heavy atom. The summed E-state index contributed by atoms with van der Waals surface area (Å²) in [7, 11) is 0. The third kappa shape index (κ3) is 5.80. The van der Waals surface area contributed by atoms with E-state index in [1.54, 1.807) is 6.07 Å². The molecule has 0 bridgehead atoms. The summed E-state index contributed by atoms with van der Waals surface area (Å²) in [5.41, 5.74) is 1.65. The molecule has 1 aromatic carbocycles. The minimum absolute atomic E-state index is 0.154. The van der Waals surface area contributed by atoms with Crippen molar-refractivity contribution in [3.05, 3.63) is 28.8 Å². The fourth-order valence-corrected chi connectivity index (χ4v) is 2.20. The van der Waals surface area contributed by atoms with E-state index < -0.39 is 0 Å². The summed E-state index contributed by atoms with van der Waals surface area (Å²) in [5.74, 6) is 0.317. The number of urea groups is 1. The van der Waals surface area contributed by atoms with Crippen LogP contribution in [0.25, 0.3) is 0 Å². The van der Waals surface area contributed by atoms with E-state index in [1.807, 2.05) is 19.1 Å². The fourth-order valence-electron chi connectivity index (χ4n) is 2.02. The van der Waals surface area contributed by atoms with Crippen LogP contribution in [0, 0.1) is 12.8 Å². The van der Waals surface area contributed by atoms with Gasteiger partial charge in [-0.15, -0.1) is 0 Å². The van der Waals surface area contributed by atoms with E-state index in [0.717, 1.165) is 18.4 Å². The van der Waals surface area contributed by atoms with Gasteiger partial charge in [-0.2, -0.15) is 0 Å². The van der Waals surface area contributed by atoms with Crippen molar-refractivity contribution < 1.29 is 9.90 Å². The normalized spacial score (nSPS) is 12.0. The molecule has 0 aliphatic heterocycles. The second kappa shape index (κ2) is 8.82. The number of hydrogen-bond donors (Lipinski definition) is 3. The van der Waals surface area contributed by atoms with Gasteiger partial charge in [0, 0.05) is 23.9 Å². The number of benzene rings is 1. The minimum Gasteiger partial charge on any atom is -0.396 e. The highest BCUT2D eigenvalue weighted by atomic mass is 35.5. The van der Waals surface area contributed by atoms with Crippen LogP contribution in [0.3, 0.4) is 0 Å². The largest absolute Gasteiger partial charge is 0.396 e. The second-order valence-corrected chi connectivity index (χ2v) is 5.37. The quantitative estimate of drug-likeness (QED) is 0.720. The number of hydrogen-bond acceptors (Lipinski definition) is 2. The van der Waals surface area contributed by atoms with Crippen molar-refractivity contribution in [1.82, 2.24) is 5.32 Å². The Hall–Kier alpha value is -1.26. The number of carbonyl (C=O) groups excluding carboxylic acids is 1. The van der Waals surface area contributed by atoms with Crippen LogP contribution in [0.4, 0.5) is 10.5 Å². The molecule has 3 N–H and O–H groups in total. The molecule has 112 valence electrons. The van der Waals surface area contributed by atoms with Crippen molar-refractivity contribution in [3.63, 3.8) is 0 Å². The number of aliphatic hydroxyl groups is 1. The van der Waals surface area contributed by atoms with Gasteiger partial charge < -0.3 is 15.7 Å². The predicted octanol–water partition coefficient (Wildman–Crippen LogP) is 3.57. The summed E-state index contributed by atoms with van der Waals surface area (Å²) >= 11 is 6.01. The predicted molar refractivity (Wildman–Crippen MR) is 83.3 cm³/mol. The van der Waals surface area contributed by atoms with E-state index in [-0.39, 0.29) is 12.6 Å². The number of aliphatic hydroxyl groups excluding tert-OH is 1. The van der Waals surface area contributed by atoms with Gasteiger partial charge in [0.05, 0.1) is 0 Å². The lowest BCUT2D eigenvalue weighted by Crippen LogP contribution is -2.33. The van der Waals surface area contributed by atoms with Gasteiger partial charge in [0.1, 0.15) is 0 Å². The second-order valence-electron chi connectivity index (χ2n) is 4.97. The molecule has 1 rings (SSSR count). The maximum atomic E-state index is 11.8. The maximum Gasteiger partial charge on any atom is 0.319 e. The molecule has 0 spiro atoms. The molecule has 5 heteroatoms. The Balaban J connectivity index is 2.44. The van der Waals surface area contributed by atoms with Crippen molar-refractivity contribution in [3.8, 4) is 0 Å². The van der Waals surface area contributed by atoms with Crippen LogP contribution in [-0.2, 0) is 0 Å². The summed E-state index contributed by atoms with van der Waals surface area (Å²) in [5, 5.41) is 15.2. The van der Waals surface area contributed by atoms with Gasteiger partial charge in [0.25, 0.3) is 0 Å². The zero-order chi connectivity index (χ0) is 15.0. The van der Waals surface area contributed by atoms with Gasteiger partial charge in [-0.25, -0.2) is 4.79 Å². The number of rotatable bonds is 7. The Kier molecular flexibility index (Phi) is 7.41. The topological polar surface area (TPSA) is 61.4 Å².